The molecule has 8 heteroatoms. The van der Waals surface area contributed by atoms with Crippen LogP contribution >= 0.6 is 0 Å². The molecular formula is C14H13NO6S. The van der Waals surface area contributed by atoms with Crippen molar-refractivity contribution < 1.29 is 27.9 Å². The number of benzene rings is 2. The van der Waals surface area contributed by atoms with Crippen molar-refractivity contribution in [2.24, 2.45) is 0 Å². The molecule has 0 fully saturated rings. The summed E-state index contributed by atoms with van der Waals surface area (Å²) in [7, 11) is -3.06. The topological polar surface area (TPSA) is 102 Å². The van der Waals surface area contributed by atoms with Gasteiger partial charge in [-0.3, -0.25) is 0 Å². The molecule has 2 aromatic rings. The molecule has 0 aliphatic rings. The molecule has 7 nitrogen and oxygen atoms in total. The van der Waals surface area contributed by atoms with Crippen LogP contribution in [0, 0.1) is 0 Å². The zero-order valence-electron chi connectivity index (χ0n) is 11.5. The Labute approximate surface area is 127 Å². The lowest BCUT2D eigenvalue weighted by Crippen LogP contribution is -2.20. The summed E-state index contributed by atoms with van der Waals surface area (Å²) < 4.78 is 33.8. The average molecular weight is 323 g/mol. The summed E-state index contributed by atoms with van der Waals surface area (Å²) in [4.78, 5) is 12.3. The van der Waals surface area contributed by atoms with Gasteiger partial charge >= 0.3 is 5.97 Å². The fourth-order valence-corrected chi connectivity index (χ4v) is 2.47. The molecule has 2 rings (SSSR count). The number of rotatable bonds is 5. The van der Waals surface area contributed by atoms with Crippen LogP contribution in [-0.2, 0) is 14.8 Å². The Morgan fingerprint density at radius 2 is 1.82 bits per heavy atom. The van der Waals surface area contributed by atoms with Gasteiger partial charge in [-0.25, -0.2) is 13.2 Å². The molecular weight excluding hydrogens is 310 g/mol. The lowest BCUT2D eigenvalue weighted by Gasteiger charge is -2.12. The number of nitrogens with one attached hydrogen (secondary N) is 1. The number of sulfonamides is 1. The summed E-state index contributed by atoms with van der Waals surface area (Å²) in [5.41, 5.74) is 0.0109. The molecule has 0 aliphatic heterocycles. The second-order valence-electron chi connectivity index (χ2n) is 4.16. The Balaban J connectivity index is 2.51. The van der Waals surface area contributed by atoms with E-state index in [1.165, 1.54) is 24.1 Å². The smallest absolute Gasteiger partial charge is 0.337 e. The van der Waals surface area contributed by atoms with E-state index in [-0.39, 0.29) is 16.2 Å². The molecule has 0 spiro atoms. The van der Waals surface area contributed by atoms with Crippen molar-refractivity contribution in [1.29, 1.82) is 0 Å². The summed E-state index contributed by atoms with van der Waals surface area (Å²) >= 11 is 0. The first kappa shape index (κ1) is 16.0. The number of carbonyl (C=O) groups excluding carboxylic acids is 1. The maximum Gasteiger partial charge on any atom is 0.337 e. The van der Waals surface area contributed by atoms with Crippen molar-refractivity contribution in [2.75, 3.05) is 7.11 Å². The molecule has 0 amide bonds. The molecule has 0 atom stereocenters. The fourth-order valence-electron chi connectivity index (χ4n) is 1.71. The summed E-state index contributed by atoms with van der Waals surface area (Å²) in [5, 5.41) is 8.81. The maximum absolute atomic E-state index is 11.9. The SMILES string of the molecule is COC(=O)c1ccc(Oc2ccccc2)c(S(=O)(=O)NO)c1. The second kappa shape index (κ2) is 6.56. The molecule has 0 unspecified atom stereocenters. The molecule has 0 aliphatic carbocycles. The molecule has 0 saturated carbocycles. The zero-order valence-corrected chi connectivity index (χ0v) is 12.3. The Hall–Kier alpha value is -2.42. The van der Waals surface area contributed by atoms with Gasteiger partial charge in [-0.15, -0.1) is 0 Å². The van der Waals surface area contributed by atoms with Gasteiger partial charge in [0, 0.05) is 0 Å². The number of esters is 1. The Morgan fingerprint density at radius 1 is 1.14 bits per heavy atom. The molecule has 0 heterocycles. The fraction of sp³-hybridized carbons (Fsp3) is 0.0714. The van der Waals surface area contributed by atoms with Gasteiger partial charge in [-0.1, -0.05) is 23.1 Å². The number of para-hydroxylation sites is 1. The van der Waals surface area contributed by atoms with E-state index in [1.807, 2.05) is 0 Å². The highest BCUT2D eigenvalue weighted by Crippen LogP contribution is 2.29. The first-order valence-electron chi connectivity index (χ1n) is 6.09. The van der Waals surface area contributed by atoms with Crippen molar-refractivity contribution in [1.82, 2.24) is 4.89 Å². The standard InChI is InChI=1S/C14H13NO6S/c1-20-14(16)10-7-8-12(13(9-10)22(18,19)15-17)21-11-5-3-2-4-6-11/h2-9,15,17H,1H3. The number of ether oxygens (including phenoxy) is 2. The summed E-state index contributed by atoms with van der Waals surface area (Å²) in [6.07, 6.45) is 0. The summed E-state index contributed by atoms with van der Waals surface area (Å²) in [6.45, 7) is 0. The molecule has 0 saturated heterocycles. The van der Waals surface area contributed by atoms with E-state index >= 15 is 0 Å². The largest absolute Gasteiger partial charge is 0.465 e. The quantitative estimate of drug-likeness (QED) is 0.644. The Morgan fingerprint density at radius 3 is 2.41 bits per heavy atom. The van der Waals surface area contributed by atoms with E-state index in [4.69, 9.17) is 9.94 Å². The van der Waals surface area contributed by atoms with Gasteiger partial charge in [0.25, 0.3) is 10.0 Å². The van der Waals surface area contributed by atoms with Crippen LogP contribution in [0.3, 0.4) is 0 Å². The van der Waals surface area contributed by atoms with Crippen LogP contribution in [-0.4, -0.2) is 26.7 Å². The van der Waals surface area contributed by atoms with Crippen molar-refractivity contribution in [3.63, 3.8) is 0 Å². The van der Waals surface area contributed by atoms with Crippen molar-refractivity contribution in [2.45, 2.75) is 4.90 Å². The van der Waals surface area contributed by atoms with Gasteiger partial charge in [0.1, 0.15) is 16.4 Å². The van der Waals surface area contributed by atoms with E-state index in [2.05, 4.69) is 4.74 Å². The van der Waals surface area contributed by atoms with Gasteiger partial charge in [0.15, 0.2) is 0 Å². The third-order valence-electron chi connectivity index (χ3n) is 2.75. The first-order valence-corrected chi connectivity index (χ1v) is 7.57. The summed E-state index contributed by atoms with van der Waals surface area (Å²) in [5.74, 6) is -0.344. The lowest BCUT2D eigenvalue weighted by molar-refractivity contribution is 0.0600. The highest BCUT2D eigenvalue weighted by Gasteiger charge is 2.22. The predicted molar refractivity (Wildman–Crippen MR) is 76.4 cm³/mol. The molecule has 22 heavy (non-hydrogen) atoms. The van der Waals surface area contributed by atoms with Crippen LogP contribution in [0.25, 0.3) is 0 Å². The van der Waals surface area contributed by atoms with E-state index in [0.29, 0.717) is 5.75 Å². The predicted octanol–water partition coefficient (Wildman–Crippen LogP) is 1.93. The first-order chi connectivity index (χ1) is 10.5. The molecule has 2 aromatic carbocycles. The van der Waals surface area contributed by atoms with Gasteiger partial charge in [-0.05, 0) is 30.3 Å². The number of methoxy groups -OCH3 is 1. The number of hydrogen-bond acceptors (Lipinski definition) is 6. The third-order valence-corrected chi connectivity index (χ3v) is 3.88. The minimum Gasteiger partial charge on any atom is -0.465 e. The van der Waals surface area contributed by atoms with Crippen LogP contribution in [0.1, 0.15) is 10.4 Å². The lowest BCUT2D eigenvalue weighted by atomic mass is 10.2. The van der Waals surface area contributed by atoms with Gasteiger partial charge in [0.05, 0.1) is 12.7 Å². The average Bonchev–Trinajstić information content (AvgIpc) is 2.55. The minimum absolute atomic E-state index is 0.0109. The van der Waals surface area contributed by atoms with E-state index < -0.39 is 16.0 Å². The molecule has 0 radical (unpaired) electrons. The van der Waals surface area contributed by atoms with Crippen molar-refractivity contribution >= 4 is 16.0 Å². The summed E-state index contributed by atoms with van der Waals surface area (Å²) in [6, 6.07) is 12.2. The van der Waals surface area contributed by atoms with Crippen LogP contribution in [0.15, 0.2) is 53.4 Å². The minimum atomic E-state index is -4.24. The van der Waals surface area contributed by atoms with Gasteiger partial charge in [-0.2, -0.15) is 0 Å². The normalized spacial score (nSPS) is 11.0. The van der Waals surface area contributed by atoms with E-state index in [0.717, 1.165) is 6.07 Å². The van der Waals surface area contributed by atoms with Crippen molar-refractivity contribution in [3.05, 3.63) is 54.1 Å². The molecule has 2 N–H and O–H groups in total. The highest BCUT2D eigenvalue weighted by atomic mass is 32.2. The van der Waals surface area contributed by atoms with E-state index in [9.17, 15) is 13.2 Å². The maximum atomic E-state index is 11.9. The van der Waals surface area contributed by atoms with Crippen LogP contribution in [0.4, 0.5) is 0 Å². The molecule has 0 aromatic heterocycles. The third kappa shape index (κ3) is 3.42. The Kier molecular flexibility index (Phi) is 4.76. The van der Waals surface area contributed by atoms with Gasteiger partial charge < -0.3 is 14.7 Å². The number of carbonyl (C=O) groups is 1. The van der Waals surface area contributed by atoms with E-state index in [1.54, 1.807) is 30.3 Å². The zero-order chi connectivity index (χ0) is 16.2. The van der Waals surface area contributed by atoms with Crippen LogP contribution in [0.5, 0.6) is 11.5 Å². The monoisotopic (exact) mass is 323 g/mol. The Bertz CT molecular complexity index is 773. The van der Waals surface area contributed by atoms with Crippen LogP contribution in [0.2, 0.25) is 0 Å². The highest BCUT2D eigenvalue weighted by molar-refractivity contribution is 7.89. The van der Waals surface area contributed by atoms with Gasteiger partial charge in [0.2, 0.25) is 0 Å². The van der Waals surface area contributed by atoms with Crippen molar-refractivity contribution in [3.8, 4) is 11.5 Å². The second-order valence-corrected chi connectivity index (χ2v) is 5.79. The number of hydrogen-bond donors (Lipinski definition) is 2. The van der Waals surface area contributed by atoms with Crippen LogP contribution < -0.4 is 9.62 Å². The molecule has 116 valence electrons. The molecule has 0 bridgehead atoms.